The van der Waals surface area contributed by atoms with E-state index in [2.05, 4.69) is 5.32 Å². The van der Waals surface area contributed by atoms with Gasteiger partial charge in [-0.05, 0) is 24.6 Å². The van der Waals surface area contributed by atoms with E-state index in [1.54, 1.807) is 13.0 Å². The number of carbonyl (C=O) groups is 1. The van der Waals surface area contributed by atoms with Crippen LogP contribution in [0.1, 0.15) is 17.5 Å². The number of alkyl halides is 3. The lowest BCUT2D eigenvalue weighted by Crippen LogP contribution is -2.13. The van der Waals surface area contributed by atoms with E-state index in [-0.39, 0.29) is 5.69 Å². The number of halogens is 3. The minimum absolute atomic E-state index is 0.0695. The molecule has 0 radical (unpaired) electrons. The lowest BCUT2D eigenvalue weighted by molar-refractivity contribution is -0.137. The molecule has 0 aliphatic heterocycles. The Morgan fingerprint density at radius 3 is 2.65 bits per heavy atom. The molecule has 0 aliphatic rings. The molecule has 0 atom stereocenters. The second kappa shape index (κ2) is 4.87. The van der Waals surface area contributed by atoms with Crippen LogP contribution in [0.3, 0.4) is 0 Å². The quantitative estimate of drug-likeness (QED) is 0.866. The fourth-order valence-electron chi connectivity index (χ4n) is 1.20. The first-order valence-electron chi connectivity index (χ1n) is 4.69. The van der Waals surface area contributed by atoms with Crippen LogP contribution in [-0.2, 0) is 11.0 Å². The molecular formula is C11H9F3N2O. The first-order valence-corrected chi connectivity index (χ1v) is 4.69. The minimum atomic E-state index is -4.46. The summed E-state index contributed by atoms with van der Waals surface area (Å²) in [6, 6.07) is 4.68. The van der Waals surface area contributed by atoms with Gasteiger partial charge in [0.05, 0.1) is 11.6 Å². The number of rotatable bonds is 2. The number of benzene rings is 1. The van der Waals surface area contributed by atoms with Gasteiger partial charge in [-0.3, -0.25) is 4.79 Å². The zero-order valence-corrected chi connectivity index (χ0v) is 8.93. The van der Waals surface area contributed by atoms with Gasteiger partial charge in [-0.15, -0.1) is 0 Å². The van der Waals surface area contributed by atoms with Gasteiger partial charge in [-0.25, -0.2) is 0 Å². The van der Waals surface area contributed by atoms with E-state index in [0.29, 0.717) is 5.56 Å². The lowest BCUT2D eigenvalue weighted by Gasteiger charge is -2.11. The van der Waals surface area contributed by atoms with Crippen molar-refractivity contribution in [2.45, 2.75) is 19.5 Å². The van der Waals surface area contributed by atoms with Gasteiger partial charge in [0.1, 0.15) is 6.42 Å². The van der Waals surface area contributed by atoms with Crippen LogP contribution in [-0.4, -0.2) is 5.91 Å². The number of hydrogen-bond donors (Lipinski definition) is 1. The molecule has 0 bridgehead atoms. The summed E-state index contributed by atoms with van der Waals surface area (Å²) in [5.74, 6) is -0.630. The smallest absolute Gasteiger partial charge is 0.325 e. The summed E-state index contributed by atoms with van der Waals surface area (Å²) in [7, 11) is 0. The summed E-state index contributed by atoms with van der Waals surface area (Å²) in [5.41, 5.74) is -0.264. The summed E-state index contributed by atoms with van der Waals surface area (Å²) in [6.07, 6.45) is -4.85. The Labute approximate surface area is 95.9 Å². The predicted octanol–water partition coefficient (Wildman–Crippen LogP) is 2.87. The van der Waals surface area contributed by atoms with E-state index in [1.807, 2.05) is 0 Å². The highest BCUT2D eigenvalue weighted by atomic mass is 19.4. The molecule has 90 valence electrons. The number of carbonyl (C=O) groups excluding carboxylic acids is 1. The van der Waals surface area contributed by atoms with Gasteiger partial charge in [-0.1, -0.05) is 6.07 Å². The van der Waals surface area contributed by atoms with Crippen molar-refractivity contribution >= 4 is 11.6 Å². The average Bonchev–Trinajstić information content (AvgIpc) is 2.20. The van der Waals surface area contributed by atoms with Crippen molar-refractivity contribution in [3.05, 3.63) is 29.3 Å². The maximum absolute atomic E-state index is 12.4. The van der Waals surface area contributed by atoms with Crippen molar-refractivity contribution in [2.24, 2.45) is 0 Å². The summed E-state index contributed by atoms with van der Waals surface area (Å²) in [5, 5.41) is 10.5. The number of hydrogen-bond acceptors (Lipinski definition) is 2. The summed E-state index contributed by atoms with van der Waals surface area (Å²) in [4.78, 5) is 11.1. The van der Waals surface area contributed by atoms with Crippen molar-refractivity contribution in [3.63, 3.8) is 0 Å². The number of aryl methyl sites for hydroxylation is 1. The molecule has 0 aliphatic carbocycles. The molecule has 6 heteroatoms. The Morgan fingerprint density at radius 1 is 1.47 bits per heavy atom. The topological polar surface area (TPSA) is 52.9 Å². The third-order valence-electron chi connectivity index (χ3n) is 2.08. The molecule has 1 amide bonds. The van der Waals surface area contributed by atoms with Crippen LogP contribution < -0.4 is 5.32 Å². The Hall–Kier alpha value is -2.03. The second-order valence-corrected chi connectivity index (χ2v) is 3.41. The molecule has 0 heterocycles. The number of nitrogens with one attached hydrogen (secondary N) is 1. The first kappa shape index (κ1) is 13.0. The van der Waals surface area contributed by atoms with Gasteiger partial charge < -0.3 is 5.32 Å². The molecular weight excluding hydrogens is 233 g/mol. The molecule has 3 nitrogen and oxygen atoms in total. The van der Waals surface area contributed by atoms with Crippen molar-refractivity contribution in [2.75, 3.05) is 5.32 Å². The van der Waals surface area contributed by atoms with E-state index >= 15 is 0 Å². The van der Waals surface area contributed by atoms with Crippen LogP contribution in [0.5, 0.6) is 0 Å². The molecule has 1 N–H and O–H groups in total. The van der Waals surface area contributed by atoms with Gasteiger partial charge >= 0.3 is 6.18 Å². The Kier molecular flexibility index (Phi) is 3.73. The summed E-state index contributed by atoms with van der Waals surface area (Å²) < 4.78 is 37.3. The fourth-order valence-corrected chi connectivity index (χ4v) is 1.20. The maximum Gasteiger partial charge on any atom is 0.416 e. The number of nitrogens with zero attached hydrogens (tertiary/aromatic N) is 1. The molecule has 0 saturated carbocycles. The number of amides is 1. The van der Waals surface area contributed by atoms with Crippen LogP contribution in [0.2, 0.25) is 0 Å². The van der Waals surface area contributed by atoms with Crippen LogP contribution in [0.15, 0.2) is 18.2 Å². The highest BCUT2D eigenvalue weighted by Crippen LogP contribution is 2.31. The molecule has 0 fully saturated rings. The van der Waals surface area contributed by atoms with Crippen molar-refractivity contribution in [3.8, 4) is 6.07 Å². The lowest BCUT2D eigenvalue weighted by atomic mass is 10.1. The van der Waals surface area contributed by atoms with E-state index in [1.165, 1.54) is 6.07 Å². The Bertz CT molecular complexity index is 475. The third-order valence-corrected chi connectivity index (χ3v) is 2.08. The van der Waals surface area contributed by atoms with Crippen molar-refractivity contribution < 1.29 is 18.0 Å². The number of anilines is 1. The normalized spacial score (nSPS) is 10.8. The largest absolute Gasteiger partial charge is 0.416 e. The van der Waals surface area contributed by atoms with Gasteiger partial charge in [0.15, 0.2) is 0 Å². The third kappa shape index (κ3) is 3.48. The van der Waals surface area contributed by atoms with Crippen LogP contribution >= 0.6 is 0 Å². The van der Waals surface area contributed by atoms with Gasteiger partial charge in [0, 0.05) is 5.69 Å². The second-order valence-electron chi connectivity index (χ2n) is 3.41. The molecule has 0 saturated heterocycles. The molecule has 0 spiro atoms. The predicted molar refractivity (Wildman–Crippen MR) is 55.0 cm³/mol. The van der Waals surface area contributed by atoms with E-state index < -0.39 is 24.1 Å². The zero-order chi connectivity index (χ0) is 13.1. The monoisotopic (exact) mass is 242 g/mol. The molecule has 0 unspecified atom stereocenters. The van der Waals surface area contributed by atoms with E-state index in [9.17, 15) is 18.0 Å². The molecule has 1 aromatic carbocycles. The average molecular weight is 242 g/mol. The van der Waals surface area contributed by atoms with Crippen LogP contribution in [0.25, 0.3) is 0 Å². The standard InChI is InChI=1S/C11H9F3N2O/c1-7-2-3-8(11(12,13)14)6-9(7)16-10(17)4-5-15/h2-3,6H,4H2,1H3,(H,16,17). The zero-order valence-electron chi connectivity index (χ0n) is 8.93. The SMILES string of the molecule is Cc1ccc(C(F)(F)F)cc1NC(=O)CC#N. The molecule has 1 rings (SSSR count). The highest BCUT2D eigenvalue weighted by Gasteiger charge is 2.30. The minimum Gasteiger partial charge on any atom is -0.325 e. The van der Waals surface area contributed by atoms with Crippen LogP contribution in [0.4, 0.5) is 18.9 Å². The van der Waals surface area contributed by atoms with Gasteiger partial charge in [0.25, 0.3) is 0 Å². The maximum atomic E-state index is 12.4. The molecule has 0 aromatic heterocycles. The first-order chi connectivity index (χ1) is 7.84. The van der Waals surface area contributed by atoms with Gasteiger partial charge in [0.2, 0.25) is 5.91 Å². The van der Waals surface area contributed by atoms with Crippen LogP contribution in [0, 0.1) is 18.3 Å². The fraction of sp³-hybridized carbons (Fsp3) is 0.273. The van der Waals surface area contributed by atoms with E-state index in [4.69, 9.17) is 5.26 Å². The highest BCUT2D eigenvalue weighted by molar-refractivity contribution is 5.92. The molecule has 1 aromatic rings. The summed E-state index contributed by atoms with van der Waals surface area (Å²) in [6.45, 7) is 1.57. The van der Waals surface area contributed by atoms with E-state index in [0.717, 1.165) is 12.1 Å². The Balaban J connectivity index is 3.00. The molecule has 17 heavy (non-hydrogen) atoms. The van der Waals surface area contributed by atoms with Crippen molar-refractivity contribution in [1.82, 2.24) is 0 Å². The Morgan fingerprint density at radius 2 is 2.12 bits per heavy atom. The number of nitriles is 1. The van der Waals surface area contributed by atoms with Crippen molar-refractivity contribution in [1.29, 1.82) is 5.26 Å². The van der Waals surface area contributed by atoms with Gasteiger partial charge in [-0.2, -0.15) is 18.4 Å². The summed E-state index contributed by atoms with van der Waals surface area (Å²) >= 11 is 0.